The van der Waals surface area contributed by atoms with Gasteiger partial charge in [-0.3, -0.25) is 9.29 Å². The Morgan fingerprint density at radius 1 is 1.11 bits per heavy atom. The largest absolute Gasteiger partial charge is 0.388 e. The van der Waals surface area contributed by atoms with E-state index in [4.69, 9.17) is 0 Å². The molecule has 0 spiro atoms. The van der Waals surface area contributed by atoms with Crippen LogP contribution in [-0.4, -0.2) is 64.5 Å². The van der Waals surface area contributed by atoms with E-state index in [1.54, 1.807) is 13.8 Å². The Morgan fingerprint density at radius 2 is 1.83 bits per heavy atom. The van der Waals surface area contributed by atoms with Crippen molar-refractivity contribution in [1.29, 1.82) is 0 Å². The van der Waals surface area contributed by atoms with E-state index in [2.05, 4.69) is 52.0 Å². The average molecular weight is 482 g/mol. The number of rotatable bonds is 8. The fourth-order valence-corrected chi connectivity index (χ4v) is 5.97. The summed E-state index contributed by atoms with van der Waals surface area (Å²) in [6.45, 7) is 7.90. The molecular weight excluding hydrogens is 444 g/mol. The molecule has 188 valence electrons. The first-order valence-electron chi connectivity index (χ1n) is 12.9. The van der Waals surface area contributed by atoms with Gasteiger partial charge in [-0.05, 0) is 56.4 Å². The number of aliphatic hydroxyl groups excluding tert-OH is 1. The zero-order chi connectivity index (χ0) is 24.7. The van der Waals surface area contributed by atoms with Crippen LogP contribution in [0.1, 0.15) is 61.7 Å². The highest BCUT2D eigenvalue weighted by molar-refractivity contribution is 5.85. The number of hydrogen-bond acceptors (Lipinski definition) is 3. The summed E-state index contributed by atoms with van der Waals surface area (Å²) >= 11 is 0. The maximum Gasteiger partial charge on any atom is 0.118 e. The monoisotopic (exact) mass is 481 g/mol. The number of nitrogens with zero attached hydrogens (tertiary/aromatic N) is 2. The van der Waals surface area contributed by atoms with Crippen LogP contribution >= 0.6 is 0 Å². The molecule has 6 heteroatoms. The summed E-state index contributed by atoms with van der Waals surface area (Å²) in [6, 6.07) is 16.7. The second-order valence-corrected chi connectivity index (χ2v) is 11.1. The highest BCUT2D eigenvalue weighted by Crippen LogP contribution is 2.42. The van der Waals surface area contributed by atoms with Crippen molar-refractivity contribution in [3.8, 4) is 0 Å². The Labute approximate surface area is 206 Å². The smallest absolute Gasteiger partial charge is 0.118 e. The molecule has 35 heavy (non-hydrogen) atoms. The van der Waals surface area contributed by atoms with Crippen molar-refractivity contribution in [2.45, 2.75) is 57.5 Å². The Morgan fingerprint density at radius 3 is 2.51 bits per heavy atom. The average Bonchev–Trinajstić information content (AvgIpc) is 3.15. The summed E-state index contributed by atoms with van der Waals surface area (Å²) in [6.07, 6.45) is 0.906. The number of hydrogen-bond donors (Lipinski definition) is 2. The lowest BCUT2D eigenvalue weighted by Crippen LogP contribution is -2.49. The van der Waals surface area contributed by atoms with E-state index in [-0.39, 0.29) is 24.7 Å². The lowest BCUT2D eigenvalue weighted by atomic mass is 9.85. The van der Waals surface area contributed by atoms with Gasteiger partial charge in [0.25, 0.3) is 0 Å². The van der Waals surface area contributed by atoms with E-state index in [1.807, 2.05) is 18.2 Å². The van der Waals surface area contributed by atoms with Crippen LogP contribution in [0, 0.1) is 5.92 Å². The van der Waals surface area contributed by atoms with E-state index in [0.29, 0.717) is 13.0 Å². The minimum absolute atomic E-state index is 0.0812. The van der Waals surface area contributed by atoms with Crippen molar-refractivity contribution in [2.75, 3.05) is 32.9 Å². The van der Waals surface area contributed by atoms with Crippen LogP contribution in [0.15, 0.2) is 48.5 Å². The van der Waals surface area contributed by atoms with Crippen molar-refractivity contribution < 1.29 is 13.9 Å². The van der Waals surface area contributed by atoms with Crippen molar-refractivity contribution in [1.82, 2.24) is 14.8 Å². The minimum Gasteiger partial charge on any atom is -0.388 e. The van der Waals surface area contributed by atoms with Gasteiger partial charge in [0.05, 0.1) is 18.8 Å². The van der Waals surface area contributed by atoms with Crippen LogP contribution in [0.3, 0.4) is 0 Å². The Kier molecular flexibility index (Phi) is 6.73. The summed E-state index contributed by atoms with van der Waals surface area (Å²) < 4.78 is 27.3. The summed E-state index contributed by atoms with van der Waals surface area (Å²) in [5.74, 6) is 0.180. The van der Waals surface area contributed by atoms with E-state index in [0.717, 1.165) is 48.4 Å². The Balaban J connectivity index is 1.43. The van der Waals surface area contributed by atoms with E-state index >= 15 is 0 Å². The lowest BCUT2D eigenvalue weighted by molar-refractivity contribution is -0.00611. The van der Waals surface area contributed by atoms with Gasteiger partial charge in [-0.2, -0.15) is 0 Å². The van der Waals surface area contributed by atoms with Gasteiger partial charge in [0.15, 0.2) is 0 Å². The second-order valence-electron chi connectivity index (χ2n) is 11.1. The van der Waals surface area contributed by atoms with Gasteiger partial charge in [0.2, 0.25) is 0 Å². The molecule has 3 atom stereocenters. The number of aliphatic hydroxyl groups is 1. The SMILES string of the molecule is C[C@@H]1Cc2c([nH]c3ccccc23)C(c2ccc([C@@H](O)C3CN(CCCF)C3)cc2)N1CC(C)(C)F. The molecule has 1 unspecified atom stereocenters. The van der Waals surface area contributed by atoms with Gasteiger partial charge in [-0.15, -0.1) is 0 Å². The van der Waals surface area contributed by atoms with Gasteiger partial charge >= 0.3 is 0 Å². The number of aromatic amines is 1. The third-order valence-corrected chi connectivity index (χ3v) is 7.71. The second kappa shape index (κ2) is 9.64. The molecule has 1 fully saturated rings. The molecule has 3 heterocycles. The third kappa shape index (κ3) is 4.89. The molecule has 1 saturated heterocycles. The standard InChI is InChI=1S/C29H37F2N3O/c1-19-15-24-23-7-4-5-8-25(23)32-26(24)27(34(19)18-29(2,3)31)20-9-11-21(12-10-20)28(35)22-16-33(17-22)14-6-13-30/h4-5,7-12,19,22,27-28,32,35H,6,13-18H2,1-3H3/t19-,27?,28-/m1/s1. The summed E-state index contributed by atoms with van der Waals surface area (Å²) in [4.78, 5) is 8.12. The van der Waals surface area contributed by atoms with Crippen molar-refractivity contribution in [3.63, 3.8) is 0 Å². The molecule has 0 radical (unpaired) electrons. The maximum absolute atomic E-state index is 14.9. The quantitative estimate of drug-likeness (QED) is 0.442. The molecule has 2 N–H and O–H groups in total. The fraction of sp³-hybridized carbons (Fsp3) is 0.517. The van der Waals surface area contributed by atoms with Gasteiger partial charge in [0, 0.05) is 54.7 Å². The molecule has 5 rings (SSSR count). The predicted molar refractivity (Wildman–Crippen MR) is 137 cm³/mol. The number of aromatic nitrogens is 1. The Bertz CT molecular complexity index is 1150. The van der Waals surface area contributed by atoms with Crippen molar-refractivity contribution >= 4 is 10.9 Å². The molecule has 0 saturated carbocycles. The van der Waals surface area contributed by atoms with Crippen LogP contribution < -0.4 is 0 Å². The van der Waals surface area contributed by atoms with Crippen molar-refractivity contribution in [3.05, 3.63) is 70.9 Å². The molecule has 2 aliphatic rings. The number of likely N-dealkylation sites (tertiary alicyclic amines) is 1. The number of halogens is 2. The molecule has 0 bridgehead atoms. The number of benzene rings is 2. The molecule has 0 amide bonds. The molecule has 2 aromatic carbocycles. The lowest BCUT2D eigenvalue weighted by Gasteiger charge is -2.43. The van der Waals surface area contributed by atoms with Crippen LogP contribution in [0.2, 0.25) is 0 Å². The van der Waals surface area contributed by atoms with Gasteiger partial charge in [-0.25, -0.2) is 4.39 Å². The minimum atomic E-state index is -1.32. The van der Waals surface area contributed by atoms with Gasteiger partial charge < -0.3 is 15.0 Å². The highest BCUT2D eigenvalue weighted by atomic mass is 19.1. The van der Waals surface area contributed by atoms with E-state index in [1.165, 1.54) is 10.9 Å². The highest BCUT2D eigenvalue weighted by Gasteiger charge is 2.39. The zero-order valence-electron chi connectivity index (χ0n) is 21.0. The van der Waals surface area contributed by atoms with Gasteiger partial charge in [-0.1, -0.05) is 42.5 Å². The van der Waals surface area contributed by atoms with Gasteiger partial charge in [0.1, 0.15) is 5.67 Å². The molecular formula is C29H37F2N3O. The molecule has 4 nitrogen and oxygen atoms in total. The maximum atomic E-state index is 14.9. The predicted octanol–water partition coefficient (Wildman–Crippen LogP) is 5.58. The molecule has 2 aliphatic heterocycles. The number of para-hydroxylation sites is 1. The normalized spacial score (nSPS) is 22.8. The first kappa shape index (κ1) is 24.4. The Hall–Kier alpha value is -2.28. The molecule has 3 aromatic rings. The number of fused-ring (bicyclic) bond motifs is 3. The summed E-state index contributed by atoms with van der Waals surface area (Å²) in [5, 5.41) is 12.2. The summed E-state index contributed by atoms with van der Waals surface area (Å²) in [7, 11) is 0. The van der Waals surface area contributed by atoms with Crippen molar-refractivity contribution in [2.24, 2.45) is 5.92 Å². The van der Waals surface area contributed by atoms with Crippen LogP contribution in [0.4, 0.5) is 8.78 Å². The topological polar surface area (TPSA) is 42.5 Å². The first-order valence-corrected chi connectivity index (χ1v) is 12.9. The van der Waals surface area contributed by atoms with Crippen LogP contribution in [-0.2, 0) is 6.42 Å². The fourth-order valence-electron chi connectivity index (χ4n) is 5.97. The van der Waals surface area contributed by atoms with E-state index in [9.17, 15) is 13.9 Å². The third-order valence-electron chi connectivity index (χ3n) is 7.71. The van der Waals surface area contributed by atoms with Crippen LogP contribution in [0.5, 0.6) is 0 Å². The van der Waals surface area contributed by atoms with E-state index < -0.39 is 11.8 Å². The number of H-pyrrole nitrogens is 1. The first-order chi connectivity index (χ1) is 16.7. The summed E-state index contributed by atoms with van der Waals surface area (Å²) in [5.41, 5.74) is 4.27. The molecule has 1 aromatic heterocycles. The van der Waals surface area contributed by atoms with Crippen LogP contribution in [0.25, 0.3) is 10.9 Å². The molecule has 0 aliphatic carbocycles. The zero-order valence-corrected chi connectivity index (χ0v) is 21.0. The number of nitrogens with one attached hydrogen (secondary N) is 1. The number of alkyl halides is 2.